The Morgan fingerprint density at radius 1 is 1.36 bits per heavy atom. The summed E-state index contributed by atoms with van der Waals surface area (Å²) in [5.74, 6) is 1.23. The molecule has 3 heterocycles. The number of likely N-dealkylation sites (tertiary alicyclic amines) is 1. The van der Waals surface area contributed by atoms with Crippen molar-refractivity contribution in [3.8, 4) is 0 Å². The van der Waals surface area contributed by atoms with Crippen LogP contribution in [0.15, 0.2) is 36.8 Å². The van der Waals surface area contributed by atoms with Crippen LogP contribution in [0.25, 0.3) is 0 Å². The first kappa shape index (κ1) is 14.6. The number of hydrogen-bond acceptors (Lipinski definition) is 3. The van der Waals surface area contributed by atoms with E-state index in [0.717, 1.165) is 32.4 Å². The molecule has 3 rings (SSSR count). The van der Waals surface area contributed by atoms with Crippen molar-refractivity contribution in [2.45, 2.75) is 19.3 Å². The number of carbonyl (C=O) groups is 1. The second-order valence-electron chi connectivity index (χ2n) is 5.80. The number of anilines is 1. The Hall–Kier alpha value is -2.37. The fourth-order valence-corrected chi connectivity index (χ4v) is 2.86. The predicted octanol–water partition coefficient (Wildman–Crippen LogP) is 2.30. The van der Waals surface area contributed by atoms with Crippen LogP contribution in [-0.4, -0.2) is 38.8 Å². The van der Waals surface area contributed by atoms with Crippen LogP contribution < -0.4 is 5.32 Å². The van der Waals surface area contributed by atoms with E-state index < -0.39 is 0 Å². The molecule has 1 aliphatic rings. The summed E-state index contributed by atoms with van der Waals surface area (Å²) >= 11 is 0. The van der Waals surface area contributed by atoms with E-state index in [9.17, 15) is 4.79 Å². The van der Waals surface area contributed by atoms with Gasteiger partial charge in [-0.1, -0.05) is 6.07 Å². The minimum absolute atomic E-state index is 0.0569. The fourth-order valence-electron chi connectivity index (χ4n) is 2.86. The van der Waals surface area contributed by atoms with Crippen LogP contribution in [0.3, 0.4) is 0 Å². The number of aryl methyl sites for hydroxylation is 1. The Labute approximate surface area is 130 Å². The van der Waals surface area contributed by atoms with Crippen LogP contribution in [0.2, 0.25) is 0 Å². The number of amides is 2. The van der Waals surface area contributed by atoms with E-state index in [2.05, 4.69) is 21.5 Å². The molecule has 1 saturated heterocycles. The van der Waals surface area contributed by atoms with Crippen molar-refractivity contribution in [3.63, 3.8) is 0 Å². The number of aromatic nitrogens is 3. The Morgan fingerprint density at radius 3 is 2.82 bits per heavy atom. The molecule has 2 amide bonds. The maximum Gasteiger partial charge on any atom is 0.323 e. The molecule has 0 aromatic carbocycles. The largest absolute Gasteiger partial charge is 0.324 e. The molecule has 6 heteroatoms. The molecular formula is C16H21N5O. The molecule has 2 aromatic rings. The van der Waals surface area contributed by atoms with Crippen LogP contribution in [-0.2, 0) is 13.5 Å². The molecule has 2 aromatic heterocycles. The smallest absolute Gasteiger partial charge is 0.323 e. The van der Waals surface area contributed by atoms with Crippen molar-refractivity contribution in [1.29, 1.82) is 0 Å². The lowest BCUT2D eigenvalue weighted by molar-refractivity contribution is 0.182. The van der Waals surface area contributed by atoms with Crippen molar-refractivity contribution in [2.75, 3.05) is 18.4 Å². The molecule has 116 valence electrons. The van der Waals surface area contributed by atoms with Gasteiger partial charge in [0.25, 0.3) is 0 Å². The molecule has 1 fully saturated rings. The minimum atomic E-state index is -0.0569. The second-order valence-corrected chi connectivity index (χ2v) is 5.80. The van der Waals surface area contributed by atoms with Gasteiger partial charge in [0, 0.05) is 44.8 Å². The summed E-state index contributed by atoms with van der Waals surface area (Å²) in [4.78, 5) is 18.2. The topological polar surface area (TPSA) is 63.1 Å². The zero-order valence-electron chi connectivity index (χ0n) is 12.8. The highest BCUT2D eigenvalue weighted by Crippen LogP contribution is 2.21. The van der Waals surface area contributed by atoms with E-state index in [1.54, 1.807) is 16.9 Å². The molecule has 1 aliphatic heterocycles. The molecule has 0 spiro atoms. The number of hydrogen-bond donors (Lipinski definition) is 1. The first-order valence-corrected chi connectivity index (χ1v) is 7.65. The number of nitrogens with zero attached hydrogens (tertiary/aromatic N) is 4. The van der Waals surface area contributed by atoms with Gasteiger partial charge in [0.05, 0.1) is 0 Å². The number of carbonyl (C=O) groups excluding carboxylic acids is 1. The lowest BCUT2D eigenvalue weighted by atomic mass is 9.91. The van der Waals surface area contributed by atoms with Crippen molar-refractivity contribution in [3.05, 3.63) is 42.4 Å². The summed E-state index contributed by atoms with van der Waals surface area (Å²) in [5, 5.41) is 7.01. The molecule has 0 unspecified atom stereocenters. The number of pyridine rings is 1. The molecule has 1 N–H and O–H groups in total. The van der Waals surface area contributed by atoms with Crippen LogP contribution in [0.1, 0.15) is 18.4 Å². The Bertz CT molecular complexity index is 616. The van der Waals surface area contributed by atoms with E-state index in [4.69, 9.17) is 0 Å². The molecule has 0 aliphatic carbocycles. The fraction of sp³-hybridized carbons (Fsp3) is 0.438. The first-order valence-electron chi connectivity index (χ1n) is 7.65. The van der Waals surface area contributed by atoms with Gasteiger partial charge >= 0.3 is 6.03 Å². The third-order valence-electron chi connectivity index (χ3n) is 4.10. The Kier molecular flexibility index (Phi) is 4.37. The summed E-state index contributed by atoms with van der Waals surface area (Å²) in [6.07, 6.45) is 8.66. The van der Waals surface area contributed by atoms with E-state index in [1.807, 2.05) is 30.4 Å². The van der Waals surface area contributed by atoms with E-state index >= 15 is 0 Å². The quantitative estimate of drug-likeness (QED) is 0.946. The molecule has 22 heavy (non-hydrogen) atoms. The van der Waals surface area contributed by atoms with E-state index in [-0.39, 0.29) is 6.03 Å². The van der Waals surface area contributed by atoms with Gasteiger partial charge in [-0.15, -0.1) is 0 Å². The SMILES string of the molecule is Cn1ccc(NC(=O)N2CCC(Cc3cccnc3)CC2)n1. The minimum Gasteiger partial charge on any atom is -0.324 e. The van der Waals surface area contributed by atoms with Gasteiger partial charge in [-0.25, -0.2) is 4.79 Å². The van der Waals surface area contributed by atoms with Gasteiger partial charge in [0.2, 0.25) is 0 Å². The summed E-state index contributed by atoms with van der Waals surface area (Å²) in [6, 6.07) is 5.84. The van der Waals surface area contributed by atoms with Crippen molar-refractivity contribution in [2.24, 2.45) is 13.0 Å². The predicted molar refractivity (Wildman–Crippen MR) is 84.5 cm³/mol. The van der Waals surface area contributed by atoms with Crippen LogP contribution in [0.5, 0.6) is 0 Å². The number of urea groups is 1. The maximum atomic E-state index is 12.2. The van der Waals surface area contributed by atoms with Gasteiger partial charge in [-0.3, -0.25) is 15.0 Å². The first-order chi connectivity index (χ1) is 10.7. The van der Waals surface area contributed by atoms with Crippen molar-refractivity contribution in [1.82, 2.24) is 19.7 Å². The summed E-state index contributed by atoms with van der Waals surface area (Å²) in [7, 11) is 1.83. The van der Waals surface area contributed by atoms with Gasteiger partial charge in [-0.05, 0) is 36.8 Å². The zero-order chi connectivity index (χ0) is 15.4. The van der Waals surface area contributed by atoms with Crippen LogP contribution in [0.4, 0.5) is 10.6 Å². The monoisotopic (exact) mass is 299 g/mol. The average molecular weight is 299 g/mol. The van der Waals surface area contributed by atoms with Gasteiger partial charge in [0.1, 0.15) is 0 Å². The zero-order valence-corrected chi connectivity index (χ0v) is 12.8. The molecular weight excluding hydrogens is 278 g/mol. The van der Waals surface area contributed by atoms with Crippen LogP contribution >= 0.6 is 0 Å². The molecule has 0 radical (unpaired) electrons. The number of rotatable bonds is 3. The highest BCUT2D eigenvalue weighted by molar-refractivity contribution is 5.88. The van der Waals surface area contributed by atoms with Gasteiger partial charge in [0.15, 0.2) is 5.82 Å². The van der Waals surface area contributed by atoms with Crippen LogP contribution in [0, 0.1) is 5.92 Å². The molecule has 0 atom stereocenters. The third-order valence-corrected chi connectivity index (χ3v) is 4.10. The van der Waals surface area contributed by atoms with Gasteiger partial charge < -0.3 is 4.90 Å². The summed E-state index contributed by atoms with van der Waals surface area (Å²) < 4.78 is 1.68. The van der Waals surface area contributed by atoms with Crippen molar-refractivity contribution >= 4 is 11.8 Å². The second kappa shape index (κ2) is 6.60. The lowest BCUT2D eigenvalue weighted by Crippen LogP contribution is -2.41. The normalized spacial score (nSPS) is 15.8. The number of nitrogens with one attached hydrogen (secondary N) is 1. The maximum absolute atomic E-state index is 12.2. The molecule has 0 saturated carbocycles. The van der Waals surface area contributed by atoms with Crippen molar-refractivity contribution < 1.29 is 4.79 Å². The van der Waals surface area contributed by atoms with Gasteiger partial charge in [-0.2, -0.15) is 5.10 Å². The average Bonchev–Trinajstić information content (AvgIpc) is 2.94. The lowest BCUT2D eigenvalue weighted by Gasteiger charge is -2.31. The molecule has 6 nitrogen and oxygen atoms in total. The number of piperidine rings is 1. The third kappa shape index (κ3) is 3.63. The van der Waals surface area contributed by atoms with E-state index in [1.165, 1.54) is 5.56 Å². The highest BCUT2D eigenvalue weighted by atomic mass is 16.2. The summed E-state index contributed by atoms with van der Waals surface area (Å²) in [5.41, 5.74) is 1.28. The summed E-state index contributed by atoms with van der Waals surface area (Å²) in [6.45, 7) is 1.59. The highest BCUT2D eigenvalue weighted by Gasteiger charge is 2.23. The molecule has 0 bridgehead atoms. The Balaban J connectivity index is 1.48. The standard InChI is InChI=1S/C16H21N5O/c1-20-8-6-15(19-20)18-16(22)21-9-4-13(5-10-21)11-14-3-2-7-17-12-14/h2-3,6-8,12-13H,4-5,9-11H2,1H3,(H,18,19,22). The van der Waals surface area contributed by atoms with E-state index in [0.29, 0.717) is 11.7 Å². The Morgan fingerprint density at radius 2 is 2.18 bits per heavy atom.